The molecule has 1 aliphatic rings. The highest BCUT2D eigenvalue weighted by Crippen LogP contribution is 2.24. The molecule has 0 bridgehead atoms. The molecular formula is C20H18ClN3O2S. The number of nitrogens with zero attached hydrogens (tertiary/aromatic N) is 2. The van der Waals surface area contributed by atoms with E-state index in [0.717, 1.165) is 25.3 Å². The number of aromatic nitrogens is 1. The molecular weight excluding hydrogens is 382 g/mol. The second kappa shape index (κ2) is 7.21. The van der Waals surface area contributed by atoms with E-state index in [1.807, 2.05) is 12.1 Å². The standard InChI is InChI=1S/C20H18ClN3O2S/c21-17-5-8-19(9-6-17)27(25,26)23-18-7-10-20(22-13-18)24-12-11-15-3-1-2-4-16(15)14-24/h1-10,13,23H,11-12,14H2. The van der Waals surface area contributed by atoms with Gasteiger partial charge in [-0.1, -0.05) is 35.9 Å². The average molecular weight is 400 g/mol. The van der Waals surface area contributed by atoms with Crippen LogP contribution in [0.3, 0.4) is 0 Å². The molecule has 138 valence electrons. The van der Waals surface area contributed by atoms with Crippen LogP contribution in [0, 0.1) is 0 Å². The number of hydrogen-bond acceptors (Lipinski definition) is 4. The lowest BCUT2D eigenvalue weighted by atomic mass is 10.00. The Labute approximate surface area is 163 Å². The Morgan fingerprint density at radius 3 is 2.41 bits per heavy atom. The first-order valence-corrected chi connectivity index (χ1v) is 10.4. The van der Waals surface area contributed by atoms with Crippen molar-refractivity contribution in [1.82, 2.24) is 4.98 Å². The van der Waals surface area contributed by atoms with Gasteiger partial charge in [0.15, 0.2) is 0 Å². The van der Waals surface area contributed by atoms with Gasteiger partial charge in [0.1, 0.15) is 5.82 Å². The molecule has 3 aromatic rings. The van der Waals surface area contributed by atoms with Crippen molar-refractivity contribution in [2.45, 2.75) is 17.9 Å². The van der Waals surface area contributed by atoms with Crippen LogP contribution in [0.15, 0.2) is 71.8 Å². The van der Waals surface area contributed by atoms with E-state index in [4.69, 9.17) is 11.6 Å². The highest BCUT2D eigenvalue weighted by molar-refractivity contribution is 7.92. The minimum atomic E-state index is -3.67. The SMILES string of the molecule is O=S(=O)(Nc1ccc(N2CCc3ccccc3C2)nc1)c1ccc(Cl)cc1. The van der Waals surface area contributed by atoms with Crippen molar-refractivity contribution < 1.29 is 8.42 Å². The van der Waals surface area contributed by atoms with Crippen molar-refractivity contribution in [3.63, 3.8) is 0 Å². The minimum Gasteiger partial charge on any atom is -0.352 e. The van der Waals surface area contributed by atoms with Crippen molar-refractivity contribution in [2.24, 2.45) is 0 Å². The van der Waals surface area contributed by atoms with Crippen molar-refractivity contribution in [1.29, 1.82) is 0 Å². The van der Waals surface area contributed by atoms with E-state index in [0.29, 0.717) is 10.7 Å². The van der Waals surface area contributed by atoms with Crippen LogP contribution >= 0.6 is 11.6 Å². The zero-order chi connectivity index (χ0) is 18.9. The van der Waals surface area contributed by atoms with E-state index in [2.05, 4.69) is 32.8 Å². The molecule has 27 heavy (non-hydrogen) atoms. The summed E-state index contributed by atoms with van der Waals surface area (Å²) in [5.41, 5.74) is 3.10. The summed E-state index contributed by atoms with van der Waals surface area (Å²) < 4.78 is 27.4. The molecule has 4 rings (SSSR count). The zero-order valence-electron chi connectivity index (χ0n) is 14.5. The molecule has 0 amide bonds. The predicted octanol–water partition coefficient (Wildman–Crippen LogP) is 4.10. The molecule has 0 saturated heterocycles. The molecule has 1 aliphatic heterocycles. The predicted molar refractivity (Wildman–Crippen MR) is 108 cm³/mol. The molecule has 5 nitrogen and oxygen atoms in total. The van der Waals surface area contributed by atoms with Gasteiger partial charge in [0, 0.05) is 18.1 Å². The highest BCUT2D eigenvalue weighted by atomic mass is 35.5. The first-order chi connectivity index (χ1) is 13.0. The van der Waals surface area contributed by atoms with Gasteiger partial charge in [0.25, 0.3) is 10.0 Å². The molecule has 0 spiro atoms. The largest absolute Gasteiger partial charge is 0.352 e. The third-order valence-electron chi connectivity index (χ3n) is 4.58. The van der Waals surface area contributed by atoms with Crippen LogP contribution in [-0.4, -0.2) is 19.9 Å². The van der Waals surface area contributed by atoms with Crippen LogP contribution in [-0.2, 0) is 23.0 Å². The number of pyridine rings is 1. The van der Waals surface area contributed by atoms with Crippen LogP contribution in [0.2, 0.25) is 5.02 Å². The Kier molecular flexibility index (Phi) is 4.76. The molecule has 0 saturated carbocycles. The number of anilines is 2. The Morgan fingerprint density at radius 1 is 0.963 bits per heavy atom. The summed E-state index contributed by atoms with van der Waals surface area (Å²) in [4.78, 5) is 6.80. The fraction of sp³-hybridized carbons (Fsp3) is 0.150. The van der Waals surface area contributed by atoms with Crippen molar-refractivity contribution in [3.8, 4) is 0 Å². The van der Waals surface area contributed by atoms with E-state index < -0.39 is 10.0 Å². The number of fused-ring (bicyclic) bond motifs is 1. The first kappa shape index (κ1) is 17.8. The van der Waals surface area contributed by atoms with Gasteiger partial charge in [0.2, 0.25) is 0 Å². The lowest BCUT2D eigenvalue weighted by molar-refractivity contribution is 0.601. The van der Waals surface area contributed by atoms with Crippen molar-refractivity contribution in [2.75, 3.05) is 16.2 Å². The summed E-state index contributed by atoms with van der Waals surface area (Å²) in [6.45, 7) is 1.69. The van der Waals surface area contributed by atoms with Crippen LogP contribution in [0.5, 0.6) is 0 Å². The maximum atomic E-state index is 12.4. The number of rotatable bonds is 4. The third kappa shape index (κ3) is 3.91. The molecule has 0 fully saturated rings. The third-order valence-corrected chi connectivity index (χ3v) is 6.23. The second-order valence-corrected chi connectivity index (χ2v) is 8.52. The molecule has 0 unspecified atom stereocenters. The fourth-order valence-corrected chi connectivity index (χ4v) is 4.32. The molecule has 2 aromatic carbocycles. The van der Waals surface area contributed by atoms with Gasteiger partial charge >= 0.3 is 0 Å². The van der Waals surface area contributed by atoms with Crippen LogP contribution in [0.25, 0.3) is 0 Å². The summed E-state index contributed by atoms with van der Waals surface area (Å²) in [5.74, 6) is 0.832. The van der Waals surface area contributed by atoms with Gasteiger partial charge in [-0.15, -0.1) is 0 Å². The molecule has 0 atom stereocenters. The highest BCUT2D eigenvalue weighted by Gasteiger charge is 2.18. The van der Waals surface area contributed by atoms with Gasteiger partial charge in [0.05, 0.1) is 16.8 Å². The monoisotopic (exact) mass is 399 g/mol. The fourth-order valence-electron chi connectivity index (χ4n) is 3.15. The molecule has 7 heteroatoms. The summed E-state index contributed by atoms with van der Waals surface area (Å²) in [5, 5.41) is 0.489. The quantitative estimate of drug-likeness (QED) is 0.717. The Morgan fingerprint density at radius 2 is 1.70 bits per heavy atom. The molecule has 1 N–H and O–H groups in total. The average Bonchev–Trinajstić information content (AvgIpc) is 2.68. The maximum absolute atomic E-state index is 12.4. The zero-order valence-corrected chi connectivity index (χ0v) is 16.0. The smallest absolute Gasteiger partial charge is 0.261 e. The van der Waals surface area contributed by atoms with E-state index in [-0.39, 0.29) is 4.90 Å². The van der Waals surface area contributed by atoms with Crippen LogP contribution < -0.4 is 9.62 Å². The maximum Gasteiger partial charge on any atom is 0.261 e. The van der Waals surface area contributed by atoms with Gasteiger partial charge in [-0.3, -0.25) is 4.72 Å². The summed E-state index contributed by atoms with van der Waals surface area (Å²) in [6, 6.07) is 18.0. The summed E-state index contributed by atoms with van der Waals surface area (Å²) in [7, 11) is -3.67. The molecule has 0 radical (unpaired) electrons. The van der Waals surface area contributed by atoms with Crippen LogP contribution in [0.1, 0.15) is 11.1 Å². The Balaban J connectivity index is 1.49. The molecule has 2 heterocycles. The lowest BCUT2D eigenvalue weighted by Gasteiger charge is -2.29. The number of nitrogens with one attached hydrogen (secondary N) is 1. The van der Waals surface area contributed by atoms with Gasteiger partial charge in [-0.25, -0.2) is 13.4 Å². The molecule has 1 aromatic heterocycles. The van der Waals surface area contributed by atoms with E-state index >= 15 is 0 Å². The normalized spacial score (nSPS) is 13.9. The van der Waals surface area contributed by atoms with E-state index in [9.17, 15) is 8.42 Å². The topological polar surface area (TPSA) is 62.3 Å². The van der Waals surface area contributed by atoms with E-state index in [1.54, 1.807) is 24.4 Å². The number of benzene rings is 2. The van der Waals surface area contributed by atoms with Gasteiger partial charge < -0.3 is 4.90 Å². The first-order valence-electron chi connectivity index (χ1n) is 8.57. The lowest BCUT2D eigenvalue weighted by Crippen LogP contribution is -2.30. The number of hydrogen-bond donors (Lipinski definition) is 1. The minimum absolute atomic E-state index is 0.156. The summed E-state index contributed by atoms with van der Waals surface area (Å²) in [6.07, 6.45) is 2.52. The Hall–Kier alpha value is -2.57. The molecule has 0 aliphatic carbocycles. The number of halogens is 1. The van der Waals surface area contributed by atoms with Gasteiger partial charge in [-0.2, -0.15) is 0 Å². The van der Waals surface area contributed by atoms with Gasteiger partial charge in [-0.05, 0) is 53.9 Å². The van der Waals surface area contributed by atoms with Crippen molar-refractivity contribution >= 4 is 33.1 Å². The number of sulfonamides is 1. The van der Waals surface area contributed by atoms with E-state index in [1.165, 1.54) is 23.3 Å². The Bertz CT molecular complexity index is 1050. The second-order valence-electron chi connectivity index (χ2n) is 6.40. The van der Waals surface area contributed by atoms with Crippen LogP contribution in [0.4, 0.5) is 11.5 Å². The summed E-state index contributed by atoms with van der Waals surface area (Å²) >= 11 is 5.81. The van der Waals surface area contributed by atoms with Crippen molar-refractivity contribution in [3.05, 3.63) is 83.0 Å².